The molecule has 0 amide bonds. The fourth-order valence-electron chi connectivity index (χ4n) is 9.38. The Morgan fingerprint density at radius 3 is 1.16 bits per heavy atom. The van der Waals surface area contributed by atoms with Crippen molar-refractivity contribution in [2.45, 2.75) is 121 Å². The van der Waals surface area contributed by atoms with Crippen LogP contribution in [0.1, 0.15) is 126 Å². The number of esters is 1. The molecule has 0 unspecified atom stereocenters. The number of hydrogen-bond donors (Lipinski definition) is 0. The number of alkyl halides is 7. The van der Waals surface area contributed by atoms with Gasteiger partial charge in [-0.15, -0.1) is 0 Å². The van der Waals surface area contributed by atoms with Crippen molar-refractivity contribution in [3.8, 4) is 5.75 Å². The number of halogens is 11. The van der Waals surface area contributed by atoms with Crippen LogP contribution in [0.25, 0.3) is 0 Å². The molecule has 56 heavy (non-hydrogen) atoms. The van der Waals surface area contributed by atoms with E-state index in [0.717, 1.165) is 125 Å². The lowest BCUT2D eigenvalue weighted by Crippen LogP contribution is -2.28. The highest BCUT2D eigenvalue weighted by Gasteiger charge is 2.42. The molecule has 316 valence electrons. The maximum atomic E-state index is 14.1. The number of benzene rings is 2. The van der Waals surface area contributed by atoms with Crippen molar-refractivity contribution >= 4 is 5.97 Å². The minimum absolute atomic E-state index is 0.0928. The molecule has 0 heterocycles. The zero-order valence-corrected chi connectivity index (χ0v) is 31.5. The van der Waals surface area contributed by atoms with Crippen LogP contribution in [0.3, 0.4) is 0 Å². The zero-order chi connectivity index (χ0) is 40.8. The number of rotatable bonds is 9. The summed E-state index contributed by atoms with van der Waals surface area (Å²) in [5, 5.41) is 0. The summed E-state index contributed by atoms with van der Waals surface area (Å²) < 4.78 is 146. The molecular weight excluding hydrogens is 761 g/mol. The Morgan fingerprint density at radius 1 is 0.518 bits per heavy atom. The van der Waals surface area contributed by atoms with Gasteiger partial charge in [-0.1, -0.05) is 0 Å². The summed E-state index contributed by atoms with van der Waals surface area (Å²) in [5.74, 6) is -4.32. The van der Waals surface area contributed by atoms with Gasteiger partial charge in [-0.25, -0.2) is 31.1 Å². The van der Waals surface area contributed by atoms with E-state index >= 15 is 0 Å². The monoisotopic (exact) mass is 814 g/mol. The lowest BCUT2D eigenvalue weighted by Gasteiger charge is -2.37. The molecule has 0 N–H and O–H groups in total. The number of carbonyl (C=O) groups is 1. The zero-order valence-electron chi connectivity index (χ0n) is 31.5. The minimum Gasteiger partial charge on any atom is -0.414 e. The van der Waals surface area contributed by atoms with E-state index in [9.17, 15) is 53.1 Å². The van der Waals surface area contributed by atoms with E-state index < -0.39 is 54.9 Å². The summed E-state index contributed by atoms with van der Waals surface area (Å²) in [4.78, 5) is 10.8. The standard InChI is InChI=1S/C21H24F6O2.C19H25F3.C2H4F2O/c22-11-12-1-3-13(4-2-12)14-5-7-15(8-6-14)16-9-17(23)19(18(24)10-16)29-20(28)21(25,26)27;20-12-13-1-3-14(4-2-13)15-5-7-16(8-6-15)17-9-18(21)11-19(22)10-17;3-1-5-2-4/h9-10,12-15H,1-8,11H2;9-11,13-16H,1-8,12H2;1-2H2. The molecule has 4 fully saturated rings. The maximum Gasteiger partial charge on any atom is 0.491 e. The van der Waals surface area contributed by atoms with Crippen molar-refractivity contribution in [1.82, 2.24) is 0 Å². The smallest absolute Gasteiger partial charge is 0.414 e. The Balaban J connectivity index is 0.000000228. The highest BCUT2D eigenvalue weighted by atomic mass is 19.4. The Labute approximate surface area is 322 Å². The lowest BCUT2D eigenvalue weighted by molar-refractivity contribution is -0.190. The highest BCUT2D eigenvalue weighted by Crippen LogP contribution is 2.46. The van der Waals surface area contributed by atoms with E-state index in [2.05, 4.69) is 9.47 Å². The van der Waals surface area contributed by atoms with Gasteiger partial charge in [-0.3, -0.25) is 8.78 Å². The molecule has 2 aromatic carbocycles. The van der Waals surface area contributed by atoms with E-state index in [1.807, 2.05) is 0 Å². The van der Waals surface area contributed by atoms with Crippen LogP contribution in [0, 0.1) is 58.8 Å². The van der Waals surface area contributed by atoms with Crippen molar-refractivity contribution in [2.24, 2.45) is 35.5 Å². The lowest BCUT2D eigenvalue weighted by atomic mass is 9.68. The molecule has 4 saturated carbocycles. The first kappa shape index (κ1) is 45.8. The first-order valence-electron chi connectivity index (χ1n) is 19.8. The largest absolute Gasteiger partial charge is 0.491 e. The Bertz CT molecular complexity index is 1430. The van der Waals surface area contributed by atoms with Gasteiger partial charge < -0.3 is 9.47 Å². The molecule has 4 aliphatic rings. The highest BCUT2D eigenvalue weighted by molar-refractivity contribution is 5.78. The van der Waals surface area contributed by atoms with Crippen LogP contribution in [0.5, 0.6) is 5.75 Å². The SMILES string of the molecule is FCC1CCC(C2CCC(c3cc(F)cc(F)c3)CC2)CC1.FCOCF.O=C(Oc1c(F)cc(C2CCC(C3CCC(CF)CC3)CC2)cc1F)C(F)(F)F. The normalized spacial score (nSPS) is 28.3. The Morgan fingerprint density at radius 2 is 0.857 bits per heavy atom. The number of ether oxygens (including phenoxy) is 2. The van der Waals surface area contributed by atoms with Crippen molar-refractivity contribution in [3.05, 3.63) is 64.7 Å². The third-order valence-electron chi connectivity index (χ3n) is 12.5. The first-order valence-corrected chi connectivity index (χ1v) is 19.8. The quantitative estimate of drug-likeness (QED) is 0.144. The second-order valence-electron chi connectivity index (χ2n) is 15.9. The predicted octanol–water partition coefficient (Wildman–Crippen LogP) is 13.4. The van der Waals surface area contributed by atoms with Gasteiger partial charge in [0.2, 0.25) is 5.75 Å². The molecule has 0 spiro atoms. The van der Waals surface area contributed by atoms with Crippen LogP contribution >= 0.6 is 0 Å². The Kier molecular flexibility index (Phi) is 18.2. The van der Waals surface area contributed by atoms with Crippen LogP contribution in [-0.2, 0) is 9.53 Å². The fraction of sp³-hybridized carbons (Fsp3) is 0.690. The second kappa shape index (κ2) is 22.3. The van der Waals surface area contributed by atoms with Gasteiger partial charge in [0.15, 0.2) is 25.4 Å². The average molecular weight is 815 g/mol. The molecule has 3 nitrogen and oxygen atoms in total. The van der Waals surface area contributed by atoms with Crippen LogP contribution in [0.4, 0.5) is 48.3 Å². The van der Waals surface area contributed by atoms with Crippen molar-refractivity contribution in [2.75, 3.05) is 27.1 Å². The van der Waals surface area contributed by atoms with Gasteiger partial charge in [0, 0.05) is 6.07 Å². The summed E-state index contributed by atoms with van der Waals surface area (Å²) in [6.45, 7) is -2.48. The van der Waals surface area contributed by atoms with Crippen LogP contribution in [0.2, 0.25) is 0 Å². The Hall–Kier alpha value is -2.90. The van der Waals surface area contributed by atoms with Crippen LogP contribution in [-0.4, -0.2) is 39.2 Å². The summed E-state index contributed by atoms with van der Waals surface area (Å²) >= 11 is 0. The molecule has 6 rings (SSSR count). The van der Waals surface area contributed by atoms with Crippen molar-refractivity contribution in [3.63, 3.8) is 0 Å². The molecule has 0 aromatic heterocycles. The summed E-state index contributed by atoms with van der Waals surface area (Å²) in [7, 11) is 0. The predicted molar refractivity (Wildman–Crippen MR) is 190 cm³/mol. The van der Waals surface area contributed by atoms with Gasteiger partial charge in [0.1, 0.15) is 11.6 Å². The maximum absolute atomic E-state index is 14.1. The van der Waals surface area contributed by atoms with E-state index in [1.165, 1.54) is 25.0 Å². The van der Waals surface area contributed by atoms with Gasteiger partial charge in [-0.05, 0) is 185 Å². The summed E-state index contributed by atoms with van der Waals surface area (Å²) in [6.07, 6.45) is 10.6. The van der Waals surface area contributed by atoms with E-state index in [0.29, 0.717) is 29.2 Å². The third-order valence-corrected chi connectivity index (χ3v) is 12.5. The third kappa shape index (κ3) is 13.6. The molecule has 14 heteroatoms. The first-order chi connectivity index (χ1) is 26.8. The number of carbonyl (C=O) groups excluding carboxylic acids is 1. The molecule has 0 atom stereocenters. The minimum atomic E-state index is -5.33. The average Bonchev–Trinajstić information content (AvgIpc) is 3.19. The van der Waals surface area contributed by atoms with Crippen LogP contribution < -0.4 is 4.74 Å². The molecule has 0 bridgehead atoms. The summed E-state index contributed by atoms with van der Waals surface area (Å²) in [6, 6.07) is 5.83. The van der Waals surface area contributed by atoms with Gasteiger partial charge in [0.05, 0.1) is 13.3 Å². The van der Waals surface area contributed by atoms with Crippen LogP contribution in [0.15, 0.2) is 30.3 Å². The summed E-state index contributed by atoms with van der Waals surface area (Å²) in [5.41, 5.74) is 1.18. The topological polar surface area (TPSA) is 35.5 Å². The molecular formula is C42H53F11O3. The van der Waals surface area contributed by atoms with E-state index in [4.69, 9.17) is 0 Å². The van der Waals surface area contributed by atoms with Gasteiger partial charge >= 0.3 is 12.1 Å². The van der Waals surface area contributed by atoms with E-state index in [1.54, 1.807) is 0 Å². The molecule has 2 aromatic rings. The van der Waals surface area contributed by atoms with E-state index in [-0.39, 0.29) is 25.2 Å². The molecule has 0 aliphatic heterocycles. The molecule has 0 saturated heterocycles. The molecule has 4 aliphatic carbocycles. The fourth-order valence-corrected chi connectivity index (χ4v) is 9.38. The second-order valence-corrected chi connectivity index (χ2v) is 15.9. The van der Waals surface area contributed by atoms with Crippen molar-refractivity contribution in [1.29, 1.82) is 0 Å². The van der Waals surface area contributed by atoms with Gasteiger partial charge in [-0.2, -0.15) is 13.2 Å². The number of hydrogen-bond acceptors (Lipinski definition) is 3. The van der Waals surface area contributed by atoms with Crippen molar-refractivity contribution < 1.29 is 62.6 Å². The van der Waals surface area contributed by atoms with Gasteiger partial charge in [0.25, 0.3) is 0 Å². The molecule has 0 radical (unpaired) electrons.